The van der Waals surface area contributed by atoms with Crippen molar-refractivity contribution >= 4 is 0 Å². The minimum Gasteiger partial charge on any atom is -0.491 e. The third kappa shape index (κ3) is 1.98. The number of hydrogen-bond acceptors (Lipinski definition) is 1. The van der Waals surface area contributed by atoms with Gasteiger partial charge in [0.05, 0.1) is 5.76 Å². The molecule has 0 fully saturated rings. The van der Waals surface area contributed by atoms with Crippen molar-refractivity contribution < 1.29 is 4.74 Å². The van der Waals surface area contributed by atoms with Crippen molar-refractivity contribution in [2.24, 2.45) is 5.92 Å². The molecular weight excluding hydrogens is 172 g/mol. The van der Waals surface area contributed by atoms with Crippen molar-refractivity contribution in [1.29, 1.82) is 0 Å². The summed E-state index contributed by atoms with van der Waals surface area (Å²) < 4.78 is 5.80. The Bertz CT molecular complexity index is 326. The molecule has 2 atom stereocenters. The zero-order valence-corrected chi connectivity index (χ0v) is 8.73. The van der Waals surface area contributed by atoms with Crippen molar-refractivity contribution in [1.82, 2.24) is 0 Å². The van der Waals surface area contributed by atoms with Crippen LogP contribution in [0.3, 0.4) is 0 Å². The van der Waals surface area contributed by atoms with Gasteiger partial charge in [0.1, 0.15) is 6.10 Å². The van der Waals surface area contributed by atoms with Gasteiger partial charge in [0.2, 0.25) is 0 Å². The van der Waals surface area contributed by atoms with E-state index in [0.29, 0.717) is 5.92 Å². The maximum Gasteiger partial charge on any atom is 0.124 e. The van der Waals surface area contributed by atoms with Crippen molar-refractivity contribution in [3.8, 4) is 0 Å². The predicted octanol–water partition coefficient (Wildman–Crippen LogP) is 3.69. The van der Waals surface area contributed by atoms with E-state index in [0.717, 1.165) is 12.2 Å². The highest BCUT2D eigenvalue weighted by molar-refractivity contribution is 5.19. The fourth-order valence-electron chi connectivity index (χ4n) is 1.99. The van der Waals surface area contributed by atoms with E-state index in [2.05, 4.69) is 37.3 Å². The fraction of sp³-hybridized carbons (Fsp3) is 0.385. The summed E-state index contributed by atoms with van der Waals surface area (Å²) in [6.45, 7) is 4.27. The van der Waals surface area contributed by atoms with Gasteiger partial charge in [-0.25, -0.2) is 0 Å². The summed E-state index contributed by atoms with van der Waals surface area (Å²) >= 11 is 0. The molecule has 0 amide bonds. The first kappa shape index (κ1) is 9.32. The highest BCUT2D eigenvalue weighted by Gasteiger charge is 2.20. The van der Waals surface area contributed by atoms with Gasteiger partial charge < -0.3 is 4.74 Å². The molecule has 0 radical (unpaired) electrons. The fourth-order valence-corrected chi connectivity index (χ4v) is 1.99. The van der Waals surface area contributed by atoms with E-state index in [-0.39, 0.29) is 6.10 Å². The van der Waals surface area contributed by atoms with Crippen LogP contribution in [0.2, 0.25) is 0 Å². The van der Waals surface area contributed by atoms with Crippen LogP contribution in [-0.2, 0) is 4.74 Å². The van der Waals surface area contributed by atoms with Crippen LogP contribution in [0.25, 0.3) is 0 Å². The van der Waals surface area contributed by atoms with Gasteiger partial charge in [-0.2, -0.15) is 0 Å². The molecule has 0 N–H and O–H groups in total. The number of benzene rings is 1. The lowest BCUT2D eigenvalue weighted by Crippen LogP contribution is -2.12. The molecule has 1 aliphatic heterocycles. The first-order chi connectivity index (χ1) is 6.75. The predicted molar refractivity (Wildman–Crippen MR) is 57.8 cm³/mol. The Balaban J connectivity index is 2.18. The van der Waals surface area contributed by atoms with Gasteiger partial charge in [0, 0.05) is 0 Å². The molecule has 0 aliphatic carbocycles. The summed E-state index contributed by atoms with van der Waals surface area (Å²) in [5.41, 5.74) is 1.28. The summed E-state index contributed by atoms with van der Waals surface area (Å²) in [6.07, 6.45) is 3.53. The van der Waals surface area contributed by atoms with Crippen molar-refractivity contribution in [3.05, 3.63) is 47.7 Å². The molecule has 74 valence electrons. The lowest BCUT2D eigenvalue weighted by Gasteiger charge is -2.27. The summed E-state index contributed by atoms with van der Waals surface area (Å²) in [7, 11) is 0. The second kappa shape index (κ2) is 3.87. The van der Waals surface area contributed by atoms with Gasteiger partial charge in [-0.05, 0) is 30.9 Å². The Morgan fingerprint density at radius 3 is 2.57 bits per heavy atom. The molecule has 1 heteroatoms. The zero-order chi connectivity index (χ0) is 9.97. The van der Waals surface area contributed by atoms with Crippen LogP contribution in [0, 0.1) is 5.92 Å². The van der Waals surface area contributed by atoms with E-state index in [1.165, 1.54) is 5.56 Å². The molecule has 0 saturated carbocycles. The van der Waals surface area contributed by atoms with E-state index in [9.17, 15) is 0 Å². The molecule has 0 aromatic heterocycles. The molecule has 1 aromatic rings. The maximum absolute atomic E-state index is 5.80. The van der Waals surface area contributed by atoms with E-state index >= 15 is 0 Å². The third-order valence-corrected chi connectivity index (χ3v) is 2.60. The van der Waals surface area contributed by atoms with Crippen LogP contribution in [0.5, 0.6) is 0 Å². The molecule has 1 heterocycles. The van der Waals surface area contributed by atoms with Crippen LogP contribution in [0.1, 0.15) is 31.9 Å². The lowest BCUT2D eigenvalue weighted by atomic mass is 9.95. The van der Waals surface area contributed by atoms with E-state index in [1.807, 2.05) is 13.0 Å². The van der Waals surface area contributed by atoms with Crippen LogP contribution in [-0.4, -0.2) is 0 Å². The third-order valence-electron chi connectivity index (χ3n) is 2.60. The average Bonchev–Trinajstić information content (AvgIpc) is 2.18. The molecule has 2 unspecified atom stereocenters. The highest BCUT2D eigenvalue weighted by atomic mass is 16.5. The van der Waals surface area contributed by atoms with Gasteiger partial charge >= 0.3 is 0 Å². The number of hydrogen-bond donors (Lipinski definition) is 0. The first-order valence-electron chi connectivity index (χ1n) is 5.16. The topological polar surface area (TPSA) is 9.23 Å². The molecule has 1 aromatic carbocycles. The smallest absolute Gasteiger partial charge is 0.124 e. The van der Waals surface area contributed by atoms with Crippen molar-refractivity contribution in [2.45, 2.75) is 26.4 Å². The van der Waals surface area contributed by atoms with Crippen LogP contribution < -0.4 is 0 Å². The monoisotopic (exact) mass is 188 g/mol. The number of rotatable bonds is 1. The molecular formula is C13H16O. The maximum atomic E-state index is 5.80. The quantitative estimate of drug-likeness (QED) is 0.653. The van der Waals surface area contributed by atoms with Crippen molar-refractivity contribution in [3.63, 3.8) is 0 Å². The Morgan fingerprint density at radius 1 is 1.21 bits per heavy atom. The summed E-state index contributed by atoms with van der Waals surface area (Å²) in [5.74, 6) is 1.67. The molecule has 1 aliphatic rings. The largest absolute Gasteiger partial charge is 0.491 e. The SMILES string of the molecule is CC1=CC(C)CC(c2ccccc2)O1. The number of allylic oxidation sites excluding steroid dienone is 2. The Hall–Kier alpha value is -1.24. The Labute approximate surface area is 85.4 Å². The second-order valence-electron chi connectivity index (χ2n) is 4.01. The van der Waals surface area contributed by atoms with Gasteiger partial charge in [-0.1, -0.05) is 37.3 Å². The first-order valence-corrected chi connectivity index (χ1v) is 5.16. The van der Waals surface area contributed by atoms with Gasteiger partial charge in [-0.3, -0.25) is 0 Å². The Kier molecular flexibility index (Phi) is 2.58. The van der Waals surface area contributed by atoms with Crippen molar-refractivity contribution in [2.75, 3.05) is 0 Å². The van der Waals surface area contributed by atoms with E-state index < -0.39 is 0 Å². The van der Waals surface area contributed by atoms with Gasteiger partial charge in [-0.15, -0.1) is 0 Å². The number of ether oxygens (including phenoxy) is 1. The highest BCUT2D eigenvalue weighted by Crippen LogP contribution is 2.32. The van der Waals surface area contributed by atoms with E-state index in [4.69, 9.17) is 4.74 Å². The van der Waals surface area contributed by atoms with E-state index in [1.54, 1.807) is 0 Å². The molecule has 2 rings (SSSR count). The van der Waals surface area contributed by atoms with Crippen LogP contribution in [0.15, 0.2) is 42.2 Å². The second-order valence-corrected chi connectivity index (χ2v) is 4.01. The summed E-state index contributed by atoms with van der Waals surface area (Å²) in [5, 5.41) is 0. The zero-order valence-electron chi connectivity index (χ0n) is 8.73. The Morgan fingerprint density at radius 2 is 1.93 bits per heavy atom. The molecule has 14 heavy (non-hydrogen) atoms. The molecule has 0 saturated heterocycles. The lowest BCUT2D eigenvalue weighted by molar-refractivity contribution is 0.0829. The average molecular weight is 188 g/mol. The standard InChI is InChI=1S/C13H16O/c1-10-8-11(2)14-13(9-10)12-6-4-3-5-7-12/h3-8,10,13H,9H2,1-2H3. The van der Waals surface area contributed by atoms with Gasteiger partial charge in [0.25, 0.3) is 0 Å². The van der Waals surface area contributed by atoms with Crippen LogP contribution in [0.4, 0.5) is 0 Å². The summed E-state index contributed by atoms with van der Waals surface area (Å²) in [6, 6.07) is 10.4. The molecule has 1 nitrogen and oxygen atoms in total. The minimum atomic E-state index is 0.246. The van der Waals surface area contributed by atoms with Crippen LogP contribution >= 0.6 is 0 Å². The normalized spacial score (nSPS) is 26.6. The molecule has 0 bridgehead atoms. The van der Waals surface area contributed by atoms with Gasteiger partial charge in [0.15, 0.2) is 0 Å². The molecule has 0 spiro atoms. The summed E-state index contributed by atoms with van der Waals surface area (Å²) in [4.78, 5) is 0. The minimum absolute atomic E-state index is 0.246.